The lowest BCUT2D eigenvalue weighted by Crippen LogP contribution is -2.29. The van der Waals surface area contributed by atoms with Crippen molar-refractivity contribution in [3.63, 3.8) is 0 Å². The van der Waals surface area contributed by atoms with Crippen molar-refractivity contribution < 1.29 is 27.4 Å². The van der Waals surface area contributed by atoms with E-state index in [0.29, 0.717) is 11.5 Å². The summed E-state index contributed by atoms with van der Waals surface area (Å²) in [5.74, 6) is 0.429. The molecule has 2 aromatic rings. The largest absolute Gasteiger partial charge is 0.456 e. The van der Waals surface area contributed by atoms with Gasteiger partial charge in [0.15, 0.2) is 0 Å². The maximum absolute atomic E-state index is 12.2. The van der Waals surface area contributed by atoms with Gasteiger partial charge in [-0.15, -0.1) is 0 Å². The van der Waals surface area contributed by atoms with Gasteiger partial charge in [-0.3, -0.25) is 4.79 Å². The average molecular weight is 418 g/mol. The van der Waals surface area contributed by atoms with Gasteiger partial charge in [-0.2, -0.15) is 13.2 Å². The third-order valence-corrected chi connectivity index (χ3v) is 3.45. The van der Waals surface area contributed by atoms with E-state index in [-0.39, 0.29) is 18.7 Å². The van der Waals surface area contributed by atoms with Crippen LogP contribution in [0.3, 0.4) is 0 Å². The Hall–Kier alpha value is -2.06. The molecule has 2 rings (SSSR count). The fourth-order valence-corrected chi connectivity index (χ4v) is 2.30. The molecular formula is C17H15BrF3NO3. The van der Waals surface area contributed by atoms with Gasteiger partial charge in [0.25, 0.3) is 5.91 Å². The third-order valence-electron chi connectivity index (χ3n) is 2.95. The molecule has 0 saturated heterocycles. The molecule has 0 radical (unpaired) electrons. The molecule has 0 aliphatic carbocycles. The number of rotatable bonds is 7. The number of ether oxygens (including phenoxy) is 2. The lowest BCUT2D eigenvalue weighted by molar-refractivity contribution is -0.173. The van der Waals surface area contributed by atoms with Crippen LogP contribution in [-0.2, 0) is 4.74 Å². The number of hydrogen-bond acceptors (Lipinski definition) is 3. The standard InChI is InChI=1S/C17H15BrF3NO3/c18-12-4-3-5-13(10-12)25-15-7-2-1-6-14(15)16(23)22-8-9-24-11-17(19,20)21/h1-7,10H,8-9,11H2,(H,22,23). The van der Waals surface area contributed by atoms with Crippen LogP contribution in [-0.4, -0.2) is 31.8 Å². The van der Waals surface area contributed by atoms with E-state index < -0.39 is 18.7 Å². The van der Waals surface area contributed by atoms with Gasteiger partial charge in [-0.25, -0.2) is 0 Å². The molecule has 0 aromatic heterocycles. The molecule has 0 aliphatic rings. The predicted octanol–water partition coefficient (Wildman–Crippen LogP) is 4.55. The third kappa shape index (κ3) is 6.75. The lowest BCUT2D eigenvalue weighted by Gasteiger charge is -2.12. The summed E-state index contributed by atoms with van der Waals surface area (Å²) in [6.07, 6.45) is -4.38. The second-order valence-corrected chi connectivity index (χ2v) is 5.89. The van der Waals surface area contributed by atoms with E-state index in [1.807, 2.05) is 6.07 Å². The summed E-state index contributed by atoms with van der Waals surface area (Å²) >= 11 is 3.33. The highest BCUT2D eigenvalue weighted by Gasteiger charge is 2.27. The minimum absolute atomic E-state index is 0.0415. The molecule has 134 valence electrons. The number of nitrogens with one attached hydrogen (secondary N) is 1. The van der Waals surface area contributed by atoms with Crippen molar-refractivity contribution in [1.82, 2.24) is 5.32 Å². The molecule has 8 heteroatoms. The molecule has 0 heterocycles. The van der Waals surface area contributed by atoms with Crippen LogP contribution in [0.2, 0.25) is 0 Å². The number of carbonyl (C=O) groups is 1. The molecule has 0 bridgehead atoms. The summed E-state index contributed by atoms with van der Waals surface area (Å²) in [6.45, 7) is -1.62. The van der Waals surface area contributed by atoms with Gasteiger partial charge in [0.2, 0.25) is 0 Å². The number of para-hydroxylation sites is 1. The minimum atomic E-state index is -4.38. The maximum Gasteiger partial charge on any atom is 0.411 e. The number of hydrogen-bond donors (Lipinski definition) is 1. The van der Waals surface area contributed by atoms with Crippen molar-refractivity contribution in [1.29, 1.82) is 0 Å². The second kappa shape index (κ2) is 8.87. The number of carbonyl (C=O) groups excluding carboxylic acids is 1. The Morgan fingerprint density at radius 2 is 1.88 bits per heavy atom. The van der Waals surface area contributed by atoms with Crippen LogP contribution >= 0.6 is 15.9 Å². The Labute approximate surface area is 151 Å². The van der Waals surface area contributed by atoms with Crippen LogP contribution in [0.15, 0.2) is 53.0 Å². The average Bonchev–Trinajstić information content (AvgIpc) is 2.54. The van der Waals surface area contributed by atoms with Crippen molar-refractivity contribution in [2.24, 2.45) is 0 Å². The highest BCUT2D eigenvalue weighted by Crippen LogP contribution is 2.27. The topological polar surface area (TPSA) is 47.6 Å². The summed E-state index contributed by atoms with van der Waals surface area (Å²) in [4.78, 5) is 12.2. The Morgan fingerprint density at radius 3 is 2.60 bits per heavy atom. The molecule has 25 heavy (non-hydrogen) atoms. The molecule has 0 atom stereocenters. The van der Waals surface area contributed by atoms with Crippen LogP contribution in [0.4, 0.5) is 13.2 Å². The summed E-state index contributed by atoms with van der Waals surface area (Å²) < 4.78 is 46.9. The van der Waals surface area contributed by atoms with Crippen LogP contribution in [0.25, 0.3) is 0 Å². The van der Waals surface area contributed by atoms with Crippen LogP contribution in [0, 0.1) is 0 Å². The quantitative estimate of drug-likeness (QED) is 0.672. The summed E-state index contributed by atoms with van der Waals surface area (Å²) in [5.41, 5.74) is 0.276. The van der Waals surface area contributed by atoms with Crippen LogP contribution in [0.5, 0.6) is 11.5 Å². The number of benzene rings is 2. The Morgan fingerprint density at radius 1 is 1.12 bits per heavy atom. The molecule has 0 saturated carbocycles. The van der Waals surface area contributed by atoms with Crippen molar-refractivity contribution in [3.8, 4) is 11.5 Å². The van der Waals surface area contributed by atoms with E-state index in [1.54, 1.807) is 42.5 Å². The molecule has 0 unspecified atom stereocenters. The van der Waals surface area contributed by atoms with Gasteiger partial charge < -0.3 is 14.8 Å². The smallest absolute Gasteiger partial charge is 0.411 e. The van der Waals surface area contributed by atoms with Crippen molar-refractivity contribution in [2.75, 3.05) is 19.8 Å². The zero-order valence-corrected chi connectivity index (χ0v) is 14.6. The van der Waals surface area contributed by atoms with Crippen molar-refractivity contribution >= 4 is 21.8 Å². The molecule has 0 aliphatic heterocycles. The van der Waals surface area contributed by atoms with Gasteiger partial charge in [-0.05, 0) is 30.3 Å². The number of amides is 1. The first-order valence-electron chi connectivity index (χ1n) is 7.30. The van der Waals surface area contributed by atoms with Gasteiger partial charge in [-0.1, -0.05) is 34.1 Å². The van der Waals surface area contributed by atoms with E-state index in [2.05, 4.69) is 26.0 Å². The van der Waals surface area contributed by atoms with Gasteiger partial charge >= 0.3 is 6.18 Å². The van der Waals surface area contributed by atoms with E-state index in [9.17, 15) is 18.0 Å². The second-order valence-electron chi connectivity index (χ2n) is 4.98. The van der Waals surface area contributed by atoms with Crippen molar-refractivity contribution in [2.45, 2.75) is 6.18 Å². The molecule has 1 N–H and O–H groups in total. The van der Waals surface area contributed by atoms with E-state index in [1.165, 1.54) is 0 Å². The maximum atomic E-state index is 12.2. The molecule has 2 aromatic carbocycles. The van der Waals surface area contributed by atoms with E-state index in [4.69, 9.17) is 4.74 Å². The molecular weight excluding hydrogens is 403 g/mol. The molecule has 0 fully saturated rings. The summed E-state index contributed by atoms with van der Waals surface area (Å²) in [7, 11) is 0. The highest BCUT2D eigenvalue weighted by atomic mass is 79.9. The zero-order chi connectivity index (χ0) is 18.3. The monoisotopic (exact) mass is 417 g/mol. The zero-order valence-electron chi connectivity index (χ0n) is 13.0. The summed E-state index contributed by atoms with van der Waals surface area (Å²) in [5, 5.41) is 2.50. The normalized spacial score (nSPS) is 11.2. The number of halogens is 4. The minimum Gasteiger partial charge on any atom is -0.456 e. The first kappa shape index (κ1) is 19.3. The fourth-order valence-electron chi connectivity index (χ4n) is 1.92. The molecule has 1 amide bonds. The first-order chi connectivity index (χ1) is 11.8. The van der Waals surface area contributed by atoms with E-state index in [0.717, 1.165) is 4.47 Å². The Kier molecular flexibility index (Phi) is 6.83. The fraction of sp³-hybridized carbons (Fsp3) is 0.235. The van der Waals surface area contributed by atoms with Crippen LogP contribution in [0.1, 0.15) is 10.4 Å². The van der Waals surface area contributed by atoms with Gasteiger partial charge in [0, 0.05) is 11.0 Å². The SMILES string of the molecule is O=C(NCCOCC(F)(F)F)c1ccccc1Oc1cccc(Br)c1. The number of alkyl halides is 3. The summed E-state index contributed by atoms with van der Waals surface area (Å²) in [6, 6.07) is 13.7. The van der Waals surface area contributed by atoms with Crippen molar-refractivity contribution in [3.05, 3.63) is 58.6 Å². The Bertz CT molecular complexity index is 722. The van der Waals surface area contributed by atoms with Gasteiger partial charge in [0.05, 0.1) is 12.2 Å². The van der Waals surface area contributed by atoms with E-state index >= 15 is 0 Å². The predicted molar refractivity (Wildman–Crippen MR) is 89.9 cm³/mol. The van der Waals surface area contributed by atoms with Crippen LogP contribution < -0.4 is 10.1 Å². The molecule has 0 spiro atoms. The first-order valence-corrected chi connectivity index (χ1v) is 8.09. The molecule has 4 nitrogen and oxygen atoms in total. The highest BCUT2D eigenvalue weighted by molar-refractivity contribution is 9.10. The van der Waals surface area contributed by atoms with Gasteiger partial charge in [0.1, 0.15) is 18.1 Å². The Balaban J connectivity index is 1.94. The lowest BCUT2D eigenvalue weighted by atomic mass is 10.2.